The number of allylic oxidation sites excluding steroid dienone is 1. The van der Waals surface area contributed by atoms with Crippen LogP contribution in [0.5, 0.6) is 17.2 Å². The maximum absolute atomic E-state index is 12.5. The Balaban J connectivity index is 1.50. The number of rotatable bonds is 5. The topological polar surface area (TPSA) is 101 Å². The molecule has 0 aliphatic carbocycles. The summed E-state index contributed by atoms with van der Waals surface area (Å²) in [5.74, 6) is 0.354. The zero-order valence-electron chi connectivity index (χ0n) is 17.5. The van der Waals surface area contributed by atoms with E-state index in [9.17, 15) is 9.59 Å². The highest BCUT2D eigenvalue weighted by Gasteiger charge is 2.32. The van der Waals surface area contributed by atoms with Crippen LogP contribution in [0.2, 0.25) is 0 Å². The van der Waals surface area contributed by atoms with Gasteiger partial charge in [0.2, 0.25) is 0 Å². The summed E-state index contributed by atoms with van der Waals surface area (Å²) in [6.07, 6.45) is 3.37. The number of thioether (sulfide) groups is 1. The number of nitrogens with zero attached hydrogens (tertiary/aromatic N) is 2. The lowest BCUT2D eigenvalue weighted by molar-refractivity contribution is -0.114. The Hall–Kier alpha value is -3.85. The van der Waals surface area contributed by atoms with E-state index in [-0.39, 0.29) is 11.4 Å². The molecule has 8 nitrogen and oxygen atoms in total. The summed E-state index contributed by atoms with van der Waals surface area (Å²) >= 11 is 1.36. The molecule has 0 unspecified atom stereocenters. The Morgan fingerprint density at radius 2 is 1.81 bits per heavy atom. The average Bonchev–Trinajstić information content (AvgIpc) is 3.17. The molecule has 0 atom stereocenters. The standard InChI is InChI=1S/C23H19N3O5S/c1-13-12-26-20(24)17(21(27)25-23(26)32-13)10-14-4-7-16(8-5-14)31-22(28)15-6-9-18(29-2)19(11-15)30-3/h4-12,24H,1-3H3/b17-10-,24-20?. The highest BCUT2D eigenvalue weighted by atomic mass is 32.2. The molecule has 2 aromatic rings. The minimum absolute atomic E-state index is 0.0771. The number of aliphatic imine (C=N–C) groups is 1. The number of fused-ring (bicyclic) bond motifs is 1. The first-order valence-electron chi connectivity index (χ1n) is 9.53. The van der Waals surface area contributed by atoms with Crippen LogP contribution in [0.15, 0.2) is 64.1 Å². The van der Waals surface area contributed by atoms with Crippen LogP contribution < -0.4 is 14.2 Å². The van der Waals surface area contributed by atoms with Gasteiger partial charge in [0, 0.05) is 11.1 Å². The molecular formula is C23H19N3O5S. The number of benzene rings is 2. The van der Waals surface area contributed by atoms with Crippen LogP contribution in [0, 0.1) is 5.41 Å². The molecule has 0 saturated heterocycles. The molecule has 9 heteroatoms. The van der Waals surface area contributed by atoms with Crippen molar-refractivity contribution in [1.82, 2.24) is 4.90 Å². The fourth-order valence-electron chi connectivity index (χ4n) is 3.13. The Bertz CT molecular complexity index is 1210. The van der Waals surface area contributed by atoms with Crippen LogP contribution in [0.4, 0.5) is 0 Å². The Kier molecular flexibility index (Phi) is 5.83. The largest absolute Gasteiger partial charge is 0.493 e. The van der Waals surface area contributed by atoms with E-state index in [0.717, 1.165) is 4.91 Å². The van der Waals surface area contributed by atoms with Crippen LogP contribution >= 0.6 is 11.8 Å². The lowest BCUT2D eigenvalue weighted by Gasteiger charge is -2.22. The zero-order valence-corrected chi connectivity index (χ0v) is 18.4. The van der Waals surface area contributed by atoms with Gasteiger partial charge in [-0.3, -0.25) is 15.1 Å². The normalized spacial score (nSPS) is 16.5. The third-order valence-corrected chi connectivity index (χ3v) is 5.61. The second-order valence-electron chi connectivity index (χ2n) is 6.85. The molecule has 2 aliphatic heterocycles. The molecule has 0 saturated carbocycles. The van der Waals surface area contributed by atoms with Crippen LogP contribution in [0.1, 0.15) is 22.8 Å². The van der Waals surface area contributed by atoms with E-state index in [1.165, 1.54) is 26.0 Å². The number of amides is 1. The van der Waals surface area contributed by atoms with Gasteiger partial charge in [0.15, 0.2) is 16.7 Å². The maximum atomic E-state index is 12.5. The van der Waals surface area contributed by atoms with Gasteiger partial charge in [-0.05, 0) is 48.9 Å². The lowest BCUT2D eigenvalue weighted by Crippen LogP contribution is -2.35. The van der Waals surface area contributed by atoms with E-state index < -0.39 is 11.9 Å². The number of nitrogens with one attached hydrogen (secondary N) is 1. The highest BCUT2D eigenvalue weighted by Crippen LogP contribution is 2.33. The molecule has 2 aliphatic rings. The van der Waals surface area contributed by atoms with E-state index in [4.69, 9.17) is 19.6 Å². The van der Waals surface area contributed by atoms with Crippen LogP contribution in [0.25, 0.3) is 6.08 Å². The summed E-state index contributed by atoms with van der Waals surface area (Å²) in [7, 11) is 3.01. The van der Waals surface area contributed by atoms with Crippen LogP contribution in [-0.2, 0) is 4.79 Å². The summed E-state index contributed by atoms with van der Waals surface area (Å²) in [6, 6.07) is 11.4. The van der Waals surface area contributed by atoms with Crippen molar-refractivity contribution in [3.05, 3.63) is 70.3 Å². The molecule has 0 radical (unpaired) electrons. The molecule has 0 bridgehead atoms. The lowest BCUT2D eigenvalue weighted by atomic mass is 10.1. The minimum Gasteiger partial charge on any atom is -0.493 e. The van der Waals surface area contributed by atoms with Crippen LogP contribution in [0.3, 0.4) is 0 Å². The van der Waals surface area contributed by atoms with Gasteiger partial charge in [0.1, 0.15) is 11.6 Å². The second-order valence-corrected chi connectivity index (χ2v) is 8.06. The minimum atomic E-state index is -0.545. The molecule has 32 heavy (non-hydrogen) atoms. The quantitative estimate of drug-likeness (QED) is 0.417. The number of methoxy groups -OCH3 is 2. The Morgan fingerprint density at radius 1 is 1.09 bits per heavy atom. The van der Waals surface area contributed by atoms with Gasteiger partial charge < -0.3 is 14.2 Å². The summed E-state index contributed by atoms with van der Waals surface area (Å²) < 4.78 is 15.8. The van der Waals surface area contributed by atoms with Gasteiger partial charge >= 0.3 is 5.97 Å². The number of amidine groups is 2. The molecule has 162 valence electrons. The molecule has 2 aromatic carbocycles. The van der Waals surface area contributed by atoms with Crippen molar-refractivity contribution < 1.29 is 23.8 Å². The van der Waals surface area contributed by atoms with E-state index in [1.54, 1.807) is 59.6 Å². The van der Waals surface area contributed by atoms with Crippen molar-refractivity contribution in [3.8, 4) is 17.2 Å². The smallest absolute Gasteiger partial charge is 0.343 e. The van der Waals surface area contributed by atoms with E-state index in [2.05, 4.69) is 4.99 Å². The fourth-order valence-corrected chi connectivity index (χ4v) is 3.95. The molecule has 0 fully saturated rings. The molecule has 1 N–H and O–H groups in total. The van der Waals surface area contributed by atoms with Gasteiger partial charge in [-0.1, -0.05) is 23.9 Å². The molecule has 0 spiro atoms. The molecule has 2 heterocycles. The van der Waals surface area contributed by atoms with E-state index in [1.807, 2.05) is 6.92 Å². The van der Waals surface area contributed by atoms with Gasteiger partial charge in [-0.15, -0.1) is 0 Å². The number of esters is 1. The van der Waals surface area contributed by atoms with Gasteiger partial charge in [0.25, 0.3) is 5.91 Å². The third-order valence-electron chi connectivity index (χ3n) is 4.71. The van der Waals surface area contributed by atoms with Gasteiger partial charge in [0.05, 0.1) is 25.4 Å². The number of hydrogen-bond donors (Lipinski definition) is 1. The molecule has 0 aromatic heterocycles. The zero-order chi connectivity index (χ0) is 22.8. The molecule has 4 rings (SSSR count). The molecular weight excluding hydrogens is 430 g/mol. The maximum Gasteiger partial charge on any atom is 0.343 e. The van der Waals surface area contributed by atoms with Gasteiger partial charge in [-0.25, -0.2) is 4.79 Å². The summed E-state index contributed by atoms with van der Waals surface area (Å²) in [4.78, 5) is 31.5. The summed E-state index contributed by atoms with van der Waals surface area (Å²) in [6.45, 7) is 1.90. The molecule has 1 amide bonds. The Labute approximate surface area is 188 Å². The van der Waals surface area contributed by atoms with Crippen molar-refractivity contribution >= 4 is 40.7 Å². The fraction of sp³-hybridized carbons (Fsp3) is 0.130. The monoisotopic (exact) mass is 449 g/mol. The van der Waals surface area contributed by atoms with Crippen molar-refractivity contribution in [3.63, 3.8) is 0 Å². The van der Waals surface area contributed by atoms with Gasteiger partial charge in [-0.2, -0.15) is 4.99 Å². The van der Waals surface area contributed by atoms with Crippen molar-refractivity contribution in [2.45, 2.75) is 6.92 Å². The number of ether oxygens (including phenoxy) is 3. The average molecular weight is 449 g/mol. The third kappa shape index (κ3) is 4.15. The number of carbonyl (C=O) groups excluding carboxylic acids is 2. The first-order chi connectivity index (χ1) is 15.4. The van der Waals surface area contributed by atoms with Crippen molar-refractivity contribution in [2.75, 3.05) is 14.2 Å². The summed E-state index contributed by atoms with van der Waals surface area (Å²) in [5, 5.41) is 8.84. The predicted octanol–water partition coefficient (Wildman–Crippen LogP) is 4.09. The Morgan fingerprint density at radius 3 is 2.50 bits per heavy atom. The highest BCUT2D eigenvalue weighted by molar-refractivity contribution is 8.17. The first-order valence-corrected chi connectivity index (χ1v) is 10.3. The van der Waals surface area contributed by atoms with E-state index in [0.29, 0.717) is 33.5 Å². The first kappa shape index (κ1) is 21.4. The predicted molar refractivity (Wildman–Crippen MR) is 122 cm³/mol. The van der Waals surface area contributed by atoms with Crippen molar-refractivity contribution in [2.24, 2.45) is 4.99 Å². The van der Waals surface area contributed by atoms with E-state index >= 15 is 0 Å². The number of carbonyl (C=O) groups is 2. The van der Waals surface area contributed by atoms with Crippen LogP contribution in [-0.4, -0.2) is 42.0 Å². The summed E-state index contributed by atoms with van der Waals surface area (Å²) in [5.41, 5.74) is 1.18. The number of hydrogen-bond acceptors (Lipinski definition) is 7. The second kappa shape index (κ2) is 8.72. The van der Waals surface area contributed by atoms with Crippen molar-refractivity contribution in [1.29, 1.82) is 5.41 Å². The SMILES string of the molecule is COc1ccc(C(=O)Oc2ccc(/C=C3/C(=N)N4C=C(C)SC4=NC3=O)cc2)cc1OC.